The molecule has 0 amide bonds. The zero-order chi connectivity index (χ0) is 21.8. The summed E-state index contributed by atoms with van der Waals surface area (Å²) in [5.74, 6) is 0.456. The second-order valence-electron chi connectivity index (χ2n) is 7.54. The zero-order valence-electron chi connectivity index (χ0n) is 17.9. The lowest BCUT2D eigenvalue weighted by Gasteiger charge is -2.10. The van der Waals surface area contributed by atoms with Gasteiger partial charge in [0.15, 0.2) is 0 Å². The molecule has 158 valence electrons. The fourth-order valence-electron chi connectivity index (χ4n) is 3.31. The minimum atomic E-state index is -0.292. The Hall–Kier alpha value is -3.25. The third kappa shape index (κ3) is 4.59. The number of aromatic nitrogens is 2. The quantitative estimate of drug-likeness (QED) is 0.261. The lowest BCUT2D eigenvalue weighted by atomic mass is 10.0. The molecule has 31 heavy (non-hydrogen) atoms. The number of hydrogen-bond donors (Lipinski definition) is 1. The van der Waals surface area contributed by atoms with Crippen LogP contribution in [0, 0.1) is 13.8 Å². The van der Waals surface area contributed by atoms with Crippen LogP contribution in [0.4, 0.5) is 11.5 Å². The first-order chi connectivity index (χ1) is 15.1. The van der Waals surface area contributed by atoms with Gasteiger partial charge in [0.25, 0.3) is 0 Å². The summed E-state index contributed by atoms with van der Waals surface area (Å²) in [6.07, 6.45) is 3.44. The van der Waals surface area contributed by atoms with E-state index in [0.717, 1.165) is 45.7 Å². The lowest BCUT2D eigenvalue weighted by molar-refractivity contribution is 0.0500. The van der Waals surface area contributed by atoms with Gasteiger partial charge in [-0.1, -0.05) is 31.5 Å². The summed E-state index contributed by atoms with van der Waals surface area (Å²) in [7, 11) is 0. The van der Waals surface area contributed by atoms with Crippen molar-refractivity contribution < 1.29 is 9.53 Å². The van der Waals surface area contributed by atoms with E-state index in [1.807, 2.05) is 12.1 Å². The van der Waals surface area contributed by atoms with Crippen molar-refractivity contribution in [3.05, 3.63) is 70.9 Å². The van der Waals surface area contributed by atoms with Crippen LogP contribution in [0.2, 0.25) is 0 Å². The van der Waals surface area contributed by atoms with Gasteiger partial charge in [-0.3, -0.25) is 0 Å². The number of carbonyl (C=O) groups excluding carboxylic acids is 1. The van der Waals surface area contributed by atoms with Crippen LogP contribution in [0.5, 0.6) is 0 Å². The van der Waals surface area contributed by atoms with Gasteiger partial charge in [0.05, 0.1) is 17.6 Å². The Morgan fingerprint density at radius 1 is 1.06 bits per heavy atom. The Morgan fingerprint density at radius 3 is 2.61 bits per heavy atom. The monoisotopic (exact) mass is 431 g/mol. The molecular weight excluding hydrogens is 406 g/mol. The number of nitrogens with zero attached hydrogens (tertiary/aromatic N) is 2. The molecule has 0 atom stereocenters. The zero-order valence-corrected chi connectivity index (χ0v) is 18.8. The van der Waals surface area contributed by atoms with Crippen LogP contribution in [0.3, 0.4) is 0 Å². The summed E-state index contributed by atoms with van der Waals surface area (Å²) in [6, 6.07) is 13.8. The number of unbranched alkanes of at least 4 members (excludes halogenated alkanes) is 1. The number of carbonyl (C=O) groups is 1. The normalized spacial score (nSPS) is 10.9. The van der Waals surface area contributed by atoms with Crippen molar-refractivity contribution in [2.45, 2.75) is 33.6 Å². The number of rotatable bonds is 7. The highest BCUT2D eigenvalue weighted by atomic mass is 32.1. The minimum Gasteiger partial charge on any atom is -0.462 e. The molecular formula is C25H25N3O2S. The number of anilines is 2. The van der Waals surface area contributed by atoms with Crippen molar-refractivity contribution in [3.8, 4) is 11.1 Å². The average molecular weight is 432 g/mol. The van der Waals surface area contributed by atoms with Gasteiger partial charge in [-0.25, -0.2) is 14.8 Å². The van der Waals surface area contributed by atoms with E-state index in [1.54, 1.807) is 29.8 Å². The number of hydrogen-bond acceptors (Lipinski definition) is 6. The van der Waals surface area contributed by atoms with Gasteiger partial charge < -0.3 is 10.1 Å². The van der Waals surface area contributed by atoms with E-state index in [9.17, 15) is 4.79 Å². The van der Waals surface area contributed by atoms with Crippen molar-refractivity contribution in [3.63, 3.8) is 0 Å². The summed E-state index contributed by atoms with van der Waals surface area (Å²) in [4.78, 5) is 22.0. The van der Waals surface area contributed by atoms with E-state index < -0.39 is 0 Å². The Balaban J connectivity index is 1.61. The molecule has 0 aliphatic heterocycles. The largest absolute Gasteiger partial charge is 0.462 e. The molecule has 0 fully saturated rings. The standard InChI is InChI=1S/C25H25N3O2S/c1-4-5-12-30-25(29)18-8-10-20(11-9-18)28-23-22-21(14-31-24(22)27-15-26-23)19-7-6-16(2)17(3)13-19/h6-11,13-15H,4-5,12H2,1-3H3,(H,26,27,28). The average Bonchev–Trinajstić information content (AvgIpc) is 3.21. The van der Waals surface area contributed by atoms with Crippen LogP contribution in [0.1, 0.15) is 41.3 Å². The van der Waals surface area contributed by atoms with Crippen molar-refractivity contribution in [2.24, 2.45) is 0 Å². The third-order valence-electron chi connectivity index (χ3n) is 5.30. The first kappa shape index (κ1) is 21.0. The smallest absolute Gasteiger partial charge is 0.338 e. The predicted molar refractivity (Wildman–Crippen MR) is 127 cm³/mol. The van der Waals surface area contributed by atoms with Crippen LogP contribution in [0.15, 0.2) is 54.2 Å². The molecule has 0 aliphatic carbocycles. The number of nitrogens with one attached hydrogen (secondary N) is 1. The molecule has 2 aromatic carbocycles. The number of benzene rings is 2. The number of thiophene rings is 1. The predicted octanol–water partition coefficient (Wildman–Crippen LogP) is 6.68. The molecule has 0 unspecified atom stereocenters. The van der Waals surface area contributed by atoms with Gasteiger partial charge in [-0.2, -0.15) is 0 Å². The maximum atomic E-state index is 12.1. The SMILES string of the molecule is CCCCOC(=O)c1ccc(Nc2ncnc3scc(-c4ccc(C)c(C)c4)c23)cc1. The third-order valence-corrected chi connectivity index (χ3v) is 6.19. The van der Waals surface area contributed by atoms with E-state index in [-0.39, 0.29) is 5.97 Å². The van der Waals surface area contributed by atoms with Crippen LogP contribution >= 0.6 is 11.3 Å². The summed E-state index contributed by atoms with van der Waals surface area (Å²) in [5, 5.41) is 6.52. The van der Waals surface area contributed by atoms with Gasteiger partial charge in [0, 0.05) is 16.6 Å². The lowest BCUT2D eigenvalue weighted by Crippen LogP contribution is -2.06. The molecule has 0 radical (unpaired) electrons. The Bertz CT molecular complexity index is 1220. The summed E-state index contributed by atoms with van der Waals surface area (Å²) in [6.45, 7) is 6.76. The van der Waals surface area contributed by atoms with E-state index in [4.69, 9.17) is 4.74 Å². The fraction of sp³-hybridized carbons (Fsp3) is 0.240. The topological polar surface area (TPSA) is 64.1 Å². The summed E-state index contributed by atoms with van der Waals surface area (Å²) >= 11 is 1.61. The molecule has 2 heterocycles. The molecule has 0 spiro atoms. The van der Waals surface area contributed by atoms with Crippen LogP contribution in [-0.2, 0) is 4.74 Å². The van der Waals surface area contributed by atoms with Crippen molar-refractivity contribution in [2.75, 3.05) is 11.9 Å². The van der Waals surface area contributed by atoms with Gasteiger partial charge in [-0.15, -0.1) is 11.3 Å². The van der Waals surface area contributed by atoms with Crippen LogP contribution in [-0.4, -0.2) is 22.5 Å². The molecule has 2 aromatic heterocycles. The number of aryl methyl sites for hydroxylation is 2. The maximum absolute atomic E-state index is 12.1. The van der Waals surface area contributed by atoms with Gasteiger partial charge in [0.2, 0.25) is 0 Å². The number of fused-ring (bicyclic) bond motifs is 1. The van der Waals surface area contributed by atoms with Crippen molar-refractivity contribution in [1.82, 2.24) is 9.97 Å². The molecule has 0 bridgehead atoms. The first-order valence-electron chi connectivity index (χ1n) is 10.4. The summed E-state index contributed by atoms with van der Waals surface area (Å²) in [5.41, 5.74) is 6.18. The van der Waals surface area contributed by atoms with Gasteiger partial charge in [-0.05, 0) is 61.2 Å². The molecule has 0 saturated heterocycles. The van der Waals surface area contributed by atoms with Crippen molar-refractivity contribution >= 4 is 39.0 Å². The van der Waals surface area contributed by atoms with E-state index in [0.29, 0.717) is 12.2 Å². The molecule has 6 heteroatoms. The number of ether oxygens (including phenoxy) is 1. The second kappa shape index (κ2) is 9.27. The molecule has 4 rings (SSSR count). The molecule has 0 saturated carbocycles. The first-order valence-corrected chi connectivity index (χ1v) is 11.3. The van der Waals surface area contributed by atoms with Gasteiger partial charge in [0.1, 0.15) is 17.0 Å². The molecule has 1 N–H and O–H groups in total. The highest BCUT2D eigenvalue weighted by molar-refractivity contribution is 7.17. The van der Waals surface area contributed by atoms with E-state index in [1.165, 1.54) is 11.1 Å². The van der Waals surface area contributed by atoms with E-state index in [2.05, 4.69) is 59.6 Å². The van der Waals surface area contributed by atoms with Crippen LogP contribution in [0.25, 0.3) is 21.3 Å². The minimum absolute atomic E-state index is 0.292. The highest BCUT2D eigenvalue weighted by Crippen LogP contribution is 2.38. The molecule has 0 aliphatic rings. The molecule has 4 aromatic rings. The maximum Gasteiger partial charge on any atom is 0.338 e. The number of esters is 1. The van der Waals surface area contributed by atoms with Gasteiger partial charge >= 0.3 is 5.97 Å². The Labute approximate surface area is 186 Å². The van der Waals surface area contributed by atoms with Crippen molar-refractivity contribution in [1.29, 1.82) is 0 Å². The highest BCUT2D eigenvalue weighted by Gasteiger charge is 2.14. The fourth-order valence-corrected chi connectivity index (χ4v) is 4.23. The Kier molecular flexibility index (Phi) is 6.28. The molecule has 5 nitrogen and oxygen atoms in total. The van der Waals surface area contributed by atoms with Crippen LogP contribution < -0.4 is 5.32 Å². The van der Waals surface area contributed by atoms with E-state index >= 15 is 0 Å². The Morgan fingerprint density at radius 2 is 1.87 bits per heavy atom. The second-order valence-corrected chi connectivity index (χ2v) is 8.40. The summed E-state index contributed by atoms with van der Waals surface area (Å²) < 4.78 is 5.28.